The molecule has 0 bridgehead atoms. The molecule has 2 N–H and O–H groups in total. The average molecular weight is 314 g/mol. The van der Waals surface area contributed by atoms with Crippen molar-refractivity contribution in [2.75, 3.05) is 5.73 Å². The molecule has 2 rings (SSSR count). The number of halogens is 2. The number of nitrogens with two attached hydrogens (primary N) is 1. The highest BCUT2D eigenvalue weighted by atomic mass is 79.9. The molecule has 0 fully saturated rings. The third-order valence-electron chi connectivity index (χ3n) is 2.30. The summed E-state index contributed by atoms with van der Waals surface area (Å²) in [4.78, 5) is 4.13. The van der Waals surface area contributed by atoms with Gasteiger partial charge in [-0.3, -0.25) is 0 Å². The van der Waals surface area contributed by atoms with Crippen molar-refractivity contribution in [2.24, 2.45) is 0 Å². The summed E-state index contributed by atoms with van der Waals surface area (Å²) in [6.45, 7) is 1.90. The van der Waals surface area contributed by atoms with Crippen LogP contribution in [-0.4, -0.2) is 4.98 Å². The number of nitrogens with zero attached hydrogens (tertiary/aromatic N) is 1. The van der Waals surface area contributed by atoms with E-state index in [1.807, 2.05) is 6.92 Å². The Kier molecular flexibility index (Phi) is 3.54. The molecule has 0 aliphatic rings. The van der Waals surface area contributed by atoms with Crippen LogP contribution in [0.4, 0.5) is 5.69 Å². The molecule has 0 saturated carbocycles. The Morgan fingerprint density at radius 1 is 1.29 bits per heavy atom. The fourth-order valence-corrected chi connectivity index (χ4v) is 1.79. The molecule has 1 aromatic carbocycles. The van der Waals surface area contributed by atoms with Crippen LogP contribution in [0.1, 0.15) is 5.56 Å². The molecule has 17 heavy (non-hydrogen) atoms. The van der Waals surface area contributed by atoms with Gasteiger partial charge in [0.1, 0.15) is 5.75 Å². The second kappa shape index (κ2) is 4.94. The maximum atomic E-state index is 5.79. The molecule has 0 atom stereocenters. The van der Waals surface area contributed by atoms with Gasteiger partial charge < -0.3 is 10.5 Å². The number of aromatic nitrogens is 1. The largest absolute Gasteiger partial charge is 0.438 e. The lowest BCUT2D eigenvalue weighted by atomic mass is 10.2. The van der Waals surface area contributed by atoms with Gasteiger partial charge in [0.05, 0.1) is 16.4 Å². The van der Waals surface area contributed by atoms with Crippen LogP contribution < -0.4 is 10.5 Å². The second-order valence-electron chi connectivity index (χ2n) is 3.51. The molecule has 3 nitrogen and oxygen atoms in total. The summed E-state index contributed by atoms with van der Waals surface area (Å²) in [5.41, 5.74) is 7.27. The van der Waals surface area contributed by atoms with Crippen molar-refractivity contribution in [1.82, 2.24) is 4.98 Å². The molecule has 0 spiro atoms. The first-order chi connectivity index (χ1) is 8.08. The summed E-state index contributed by atoms with van der Waals surface area (Å²) in [7, 11) is 0. The van der Waals surface area contributed by atoms with Crippen LogP contribution in [0.5, 0.6) is 11.6 Å². The van der Waals surface area contributed by atoms with Crippen LogP contribution in [0.3, 0.4) is 0 Å². The van der Waals surface area contributed by atoms with E-state index in [4.69, 9.17) is 22.1 Å². The van der Waals surface area contributed by atoms with Crippen molar-refractivity contribution in [3.8, 4) is 11.6 Å². The maximum absolute atomic E-state index is 5.79. The number of anilines is 1. The highest BCUT2D eigenvalue weighted by Gasteiger charge is 2.09. The number of pyridine rings is 1. The molecule has 1 heterocycles. The SMILES string of the molecule is Cc1c(N)cnc(Oc2ccc(Cl)cc2)c1Br. The van der Waals surface area contributed by atoms with E-state index < -0.39 is 0 Å². The number of nitrogen functional groups attached to an aromatic ring is 1. The average Bonchev–Trinajstić information content (AvgIpc) is 2.33. The van der Waals surface area contributed by atoms with Crippen molar-refractivity contribution >= 4 is 33.2 Å². The normalized spacial score (nSPS) is 10.3. The van der Waals surface area contributed by atoms with Crippen LogP contribution >= 0.6 is 27.5 Å². The van der Waals surface area contributed by atoms with Gasteiger partial charge in [-0.05, 0) is 52.7 Å². The number of benzene rings is 1. The van der Waals surface area contributed by atoms with E-state index in [-0.39, 0.29) is 0 Å². The van der Waals surface area contributed by atoms with E-state index >= 15 is 0 Å². The van der Waals surface area contributed by atoms with E-state index in [0.29, 0.717) is 22.3 Å². The van der Waals surface area contributed by atoms with Gasteiger partial charge in [0.15, 0.2) is 0 Å². The van der Waals surface area contributed by atoms with E-state index in [1.54, 1.807) is 30.5 Å². The van der Waals surface area contributed by atoms with Gasteiger partial charge in [-0.25, -0.2) is 4.98 Å². The van der Waals surface area contributed by atoms with Crippen molar-refractivity contribution in [2.45, 2.75) is 6.92 Å². The summed E-state index contributed by atoms with van der Waals surface area (Å²) in [5.74, 6) is 1.16. The van der Waals surface area contributed by atoms with Gasteiger partial charge in [-0.2, -0.15) is 0 Å². The quantitative estimate of drug-likeness (QED) is 0.904. The summed E-state index contributed by atoms with van der Waals surface area (Å²) < 4.78 is 6.38. The Hall–Kier alpha value is -1.26. The van der Waals surface area contributed by atoms with E-state index in [1.165, 1.54) is 0 Å². The predicted molar refractivity (Wildman–Crippen MR) is 72.6 cm³/mol. The lowest BCUT2D eigenvalue weighted by Gasteiger charge is -2.09. The van der Waals surface area contributed by atoms with E-state index in [0.717, 1.165) is 10.0 Å². The minimum Gasteiger partial charge on any atom is -0.438 e. The molecular formula is C12H10BrClN2O. The minimum atomic E-state index is 0.485. The van der Waals surface area contributed by atoms with Crippen molar-refractivity contribution in [3.63, 3.8) is 0 Å². The first-order valence-electron chi connectivity index (χ1n) is 4.92. The topological polar surface area (TPSA) is 48.1 Å². The van der Waals surface area contributed by atoms with Gasteiger partial charge in [0.25, 0.3) is 0 Å². The Balaban J connectivity index is 2.30. The lowest BCUT2D eigenvalue weighted by molar-refractivity contribution is 0.459. The second-order valence-corrected chi connectivity index (χ2v) is 4.74. The van der Waals surface area contributed by atoms with Crippen molar-refractivity contribution < 1.29 is 4.74 Å². The Morgan fingerprint density at radius 2 is 1.94 bits per heavy atom. The van der Waals surface area contributed by atoms with Gasteiger partial charge in [0.2, 0.25) is 5.88 Å². The smallest absolute Gasteiger partial charge is 0.233 e. The molecule has 0 aliphatic heterocycles. The molecule has 88 valence electrons. The van der Waals surface area contributed by atoms with E-state index in [9.17, 15) is 0 Å². The first-order valence-corrected chi connectivity index (χ1v) is 6.09. The zero-order valence-electron chi connectivity index (χ0n) is 9.08. The van der Waals surface area contributed by atoms with Crippen molar-refractivity contribution in [3.05, 3.63) is 45.5 Å². The third-order valence-corrected chi connectivity index (χ3v) is 3.48. The summed E-state index contributed by atoms with van der Waals surface area (Å²) in [5, 5.41) is 0.665. The number of hydrogen-bond acceptors (Lipinski definition) is 3. The molecule has 0 amide bonds. The fourth-order valence-electron chi connectivity index (χ4n) is 1.25. The van der Waals surface area contributed by atoms with Crippen LogP contribution in [0.25, 0.3) is 0 Å². The van der Waals surface area contributed by atoms with Gasteiger partial charge in [-0.1, -0.05) is 11.6 Å². The third kappa shape index (κ3) is 2.70. The molecule has 1 aromatic heterocycles. The number of hydrogen-bond donors (Lipinski definition) is 1. The van der Waals surface area contributed by atoms with Crippen LogP contribution in [0, 0.1) is 6.92 Å². The van der Waals surface area contributed by atoms with Crippen LogP contribution in [0.15, 0.2) is 34.9 Å². The highest BCUT2D eigenvalue weighted by molar-refractivity contribution is 9.10. The molecule has 5 heteroatoms. The van der Waals surface area contributed by atoms with Gasteiger partial charge >= 0.3 is 0 Å². The summed E-state index contributed by atoms with van der Waals surface area (Å²) >= 11 is 9.20. The summed E-state index contributed by atoms with van der Waals surface area (Å²) in [6.07, 6.45) is 1.57. The van der Waals surface area contributed by atoms with E-state index in [2.05, 4.69) is 20.9 Å². The molecule has 0 radical (unpaired) electrons. The molecule has 2 aromatic rings. The Bertz CT molecular complexity index is 543. The minimum absolute atomic E-state index is 0.485. The molecular weight excluding hydrogens is 304 g/mol. The number of ether oxygens (including phenoxy) is 1. The Morgan fingerprint density at radius 3 is 2.59 bits per heavy atom. The van der Waals surface area contributed by atoms with Crippen LogP contribution in [-0.2, 0) is 0 Å². The predicted octanol–water partition coefficient (Wildman–Crippen LogP) is 4.18. The Labute approximate surface area is 113 Å². The van der Waals surface area contributed by atoms with Crippen LogP contribution in [0.2, 0.25) is 5.02 Å². The maximum Gasteiger partial charge on any atom is 0.233 e. The standard InChI is InChI=1S/C12H10BrClN2O/c1-7-10(15)6-16-12(11(7)13)17-9-4-2-8(14)3-5-9/h2-6H,15H2,1H3. The highest BCUT2D eigenvalue weighted by Crippen LogP contribution is 2.32. The summed E-state index contributed by atoms with van der Waals surface area (Å²) in [6, 6.07) is 7.08. The molecule has 0 aliphatic carbocycles. The molecule has 0 saturated heterocycles. The first kappa shape index (κ1) is 12.2. The fraction of sp³-hybridized carbons (Fsp3) is 0.0833. The molecule has 0 unspecified atom stereocenters. The van der Waals surface area contributed by atoms with Gasteiger partial charge in [0, 0.05) is 5.02 Å². The van der Waals surface area contributed by atoms with Gasteiger partial charge in [-0.15, -0.1) is 0 Å². The lowest BCUT2D eigenvalue weighted by Crippen LogP contribution is -1.96. The monoisotopic (exact) mass is 312 g/mol. The zero-order valence-corrected chi connectivity index (χ0v) is 11.4. The zero-order chi connectivity index (χ0) is 12.4. The van der Waals surface area contributed by atoms with Crippen molar-refractivity contribution in [1.29, 1.82) is 0 Å². The number of rotatable bonds is 2.